The Kier molecular flexibility index (Phi) is 5.95. The van der Waals surface area contributed by atoms with Gasteiger partial charge in [0.1, 0.15) is 5.58 Å². The fraction of sp³-hybridized carbons (Fsp3) is 0.286. The quantitative estimate of drug-likeness (QED) is 0.280. The van der Waals surface area contributed by atoms with Crippen LogP contribution in [0.15, 0.2) is 39.5 Å². The number of benzene rings is 2. The first kappa shape index (κ1) is 20.5. The summed E-state index contributed by atoms with van der Waals surface area (Å²) in [7, 11) is 0. The molecule has 1 radical (unpaired) electrons. The second-order valence-electron chi connectivity index (χ2n) is 6.71. The average Bonchev–Trinajstić information content (AvgIpc) is 2.61. The van der Waals surface area contributed by atoms with Gasteiger partial charge in [-0.15, -0.1) is 0 Å². The number of esters is 2. The number of carbonyl (C=O) groups is 2. The van der Waals surface area contributed by atoms with Gasteiger partial charge in [-0.2, -0.15) is 0 Å². The van der Waals surface area contributed by atoms with Crippen LogP contribution in [0.2, 0.25) is 0 Å². The van der Waals surface area contributed by atoms with Crippen molar-refractivity contribution in [2.75, 3.05) is 0 Å². The summed E-state index contributed by atoms with van der Waals surface area (Å²) in [5.41, 5.74) is -0.369. The van der Waals surface area contributed by atoms with Gasteiger partial charge in [0.05, 0.1) is 30.4 Å². The zero-order chi connectivity index (χ0) is 21.1. The van der Waals surface area contributed by atoms with E-state index in [4.69, 9.17) is 13.9 Å². The van der Waals surface area contributed by atoms with Crippen LogP contribution in [-0.4, -0.2) is 34.4 Å². The number of carbonyl (C=O) groups excluding carboxylic acids is 2. The van der Waals surface area contributed by atoms with Crippen molar-refractivity contribution in [1.29, 1.82) is 0 Å². The number of hydrogen-bond acceptors (Lipinski definition) is 8. The molecule has 0 saturated carbocycles. The first-order chi connectivity index (χ1) is 13.7. The van der Waals surface area contributed by atoms with Crippen molar-refractivity contribution in [2.24, 2.45) is 0 Å². The predicted octanol–water partition coefficient (Wildman–Crippen LogP) is 2.10. The van der Waals surface area contributed by atoms with Crippen molar-refractivity contribution in [3.8, 4) is 11.5 Å². The molecule has 3 aromatic rings. The van der Waals surface area contributed by atoms with Crippen LogP contribution in [0.5, 0.6) is 11.5 Å². The normalized spacial score (nSPS) is 13.2. The molecule has 0 aliphatic rings. The minimum atomic E-state index is -0.936. The molecule has 0 saturated heterocycles. The minimum absolute atomic E-state index is 0.0955. The Morgan fingerprint density at radius 3 is 2.10 bits per heavy atom. The Hall–Kier alpha value is -3.23. The molecule has 0 amide bonds. The fourth-order valence-corrected chi connectivity index (χ4v) is 2.80. The lowest BCUT2D eigenvalue weighted by atomic mass is 10.1. The summed E-state index contributed by atoms with van der Waals surface area (Å²) in [5, 5.41) is 19.9. The van der Waals surface area contributed by atoms with Crippen LogP contribution < -0.4 is 15.1 Å². The third-order valence-corrected chi connectivity index (χ3v) is 3.99. The summed E-state index contributed by atoms with van der Waals surface area (Å²) in [6.07, 6.45) is -2.42. The first-order valence-electron chi connectivity index (χ1n) is 8.92. The summed E-state index contributed by atoms with van der Waals surface area (Å²) in [6, 6.07) is 10.3. The molecule has 0 aliphatic heterocycles. The van der Waals surface area contributed by atoms with Gasteiger partial charge in [0.2, 0.25) is 0 Å². The Morgan fingerprint density at radius 1 is 1.00 bits per heavy atom. The molecule has 3 rings (SSSR count). The molecule has 0 bridgehead atoms. The zero-order valence-corrected chi connectivity index (χ0v) is 15.8. The van der Waals surface area contributed by atoms with Gasteiger partial charge < -0.3 is 24.1 Å². The van der Waals surface area contributed by atoms with E-state index >= 15 is 0 Å². The zero-order valence-electron chi connectivity index (χ0n) is 15.8. The van der Waals surface area contributed by atoms with E-state index in [-0.39, 0.29) is 29.7 Å². The van der Waals surface area contributed by atoms with Gasteiger partial charge in [-0.05, 0) is 44.2 Å². The molecular formula is C21H19O8. The lowest BCUT2D eigenvalue weighted by molar-refractivity contribution is -0.139. The van der Waals surface area contributed by atoms with E-state index < -0.39 is 29.8 Å². The van der Waals surface area contributed by atoms with E-state index in [9.17, 15) is 24.6 Å². The summed E-state index contributed by atoms with van der Waals surface area (Å²) in [4.78, 5) is 36.4. The van der Waals surface area contributed by atoms with Crippen molar-refractivity contribution in [3.05, 3.63) is 46.8 Å². The van der Waals surface area contributed by atoms with E-state index in [0.717, 1.165) is 0 Å². The predicted molar refractivity (Wildman–Crippen MR) is 103 cm³/mol. The van der Waals surface area contributed by atoms with Gasteiger partial charge in [0.25, 0.3) is 0 Å². The lowest BCUT2D eigenvalue weighted by Crippen LogP contribution is -2.18. The Morgan fingerprint density at radius 2 is 1.55 bits per heavy atom. The van der Waals surface area contributed by atoms with Gasteiger partial charge in [-0.1, -0.05) is 6.07 Å². The van der Waals surface area contributed by atoms with Gasteiger partial charge in [-0.3, -0.25) is 9.59 Å². The summed E-state index contributed by atoms with van der Waals surface area (Å²) in [5.74, 6) is -1.78. The molecule has 0 unspecified atom stereocenters. The first-order valence-corrected chi connectivity index (χ1v) is 8.92. The molecule has 2 atom stereocenters. The van der Waals surface area contributed by atoms with Crippen molar-refractivity contribution >= 4 is 33.7 Å². The molecule has 1 aromatic heterocycles. The molecule has 0 spiro atoms. The summed E-state index contributed by atoms with van der Waals surface area (Å²) in [6.45, 7) is 2.85. The maximum atomic E-state index is 12.4. The molecular weight excluding hydrogens is 380 g/mol. The Bertz CT molecular complexity index is 1130. The number of rotatable bonds is 6. The third kappa shape index (κ3) is 4.79. The van der Waals surface area contributed by atoms with E-state index in [1.54, 1.807) is 12.1 Å². The maximum Gasteiger partial charge on any atom is 0.344 e. The van der Waals surface area contributed by atoms with Crippen molar-refractivity contribution < 1.29 is 33.7 Å². The molecule has 151 valence electrons. The van der Waals surface area contributed by atoms with Crippen LogP contribution in [-0.2, 0) is 9.59 Å². The molecule has 0 aliphatic carbocycles. The highest BCUT2D eigenvalue weighted by Crippen LogP contribution is 2.35. The van der Waals surface area contributed by atoms with Crippen molar-refractivity contribution in [1.82, 2.24) is 0 Å². The third-order valence-electron chi connectivity index (χ3n) is 3.99. The molecule has 29 heavy (non-hydrogen) atoms. The number of fused-ring (bicyclic) bond motifs is 3. The van der Waals surface area contributed by atoms with E-state index in [1.807, 2.05) is 0 Å². The highest BCUT2D eigenvalue weighted by Gasteiger charge is 2.20. The highest BCUT2D eigenvalue weighted by atomic mass is 16.6. The van der Waals surface area contributed by atoms with Crippen LogP contribution in [0.3, 0.4) is 0 Å². The monoisotopic (exact) mass is 399 g/mol. The summed E-state index contributed by atoms with van der Waals surface area (Å²) < 4.78 is 15.8. The molecule has 0 fully saturated rings. The van der Waals surface area contributed by atoms with E-state index in [1.165, 1.54) is 32.0 Å². The van der Waals surface area contributed by atoms with Crippen molar-refractivity contribution in [3.63, 3.8) is 0 Å². The second-order valence-corrected chi connectivity index (χ2v) is 6.71. The maximum absolute atomic E-state index is 12.4. The average molecular weight is 399 g/mol. The number of aliphatic hydroxyl groups is 2. The Labute approximate surface area is 165 Å². The number of aliphatic hydroxyl groups excluding tert-OH is 2. The van der Waals surface area contributed by atoms with Gasteiger partial charge in [-0.25, -0.2) is 4.79 Å². The molecule has 8 nitrogen and oxygen atoms in total. The standard InChI is InChI=1S/C21H19O8/c1-11(22)7-19(24)27-17-9-14-13-5-3-4-6-16(13)29-21(26)15(14)10-18(17)28-20(25)8-12(2)23/h3,5-6,9-12,22-23H,7-8H2,1-2H3/t11-,12-/m1/s1. The second kappa shape index (κ2) is 8.42. The van der Waals surface area contributed by atoms with Crippen LogP contribution >= 0.6 is 0 Å². The molecule has 2 N–H and O–H groups in total. The largest absolute Gasteiger partial charge is 0.422 e. The van der Waals surface area contributed by atoms with Crippen molar-refractivity contribution in [2.45, 2.75) is 38.9 Å². The van der Waals surface area contributed by atoms with Crippen LogP contribution in [0.4, 0.5) is 0 Å². The van der Waals surface area contributed by atoms with Gasteiger partial charge in [0.15, 0.2) is 11.5 Å². The Balaban J connectivity index is 2.15. The van der Waals surface area contributed by atoms with E-state index in [0.29, 0.717) is 16.4 Å². The minimum Gasteiger partial charge on any atom is -0.422 e. The summed E-state index contributed by atoms with van der Waals surface area (Å²) >= 11 is 0. The lowest BCUT2D eigenvalue weighted by Gasteiger charge is -2.13. The van der Waals surface area contributed by atoms with Crippen LogP contribution in [0, 0.1) is 6.07 Å². The van der Waals surface area contributed by atoms with Crippen LogP contribution in [0.25, 0.3) is 21.7 Å². The van der Waals surface area contributed by atoms with Gasteiger partial charge in [0, 0.05) is 10.8 Å². The fourth-order valence-electron chi connectivity index (χ4n) is 2.80. The smallest absolute Gasteiger partial charge is 0.344 e. The molecule has 2 aromatic carbocycles. The number of ether oxygens (including phenoxy) is 2. The topological polar surface area (TPSA) is 123 Å². The van der Waals surface area contributed by atoms with Gasteiger partial charge >= 0.3 is 17.6 Å². The molecule has 1 heterocycles. The van der Waals surface area contributed by atoms with Crippen LogP contribution in [0.1, 0.15) is 26.7 Å². The highest BCUT2D eigenvalue weighted by molar-refractivity contribution is 6.05. The number of hydrogen-bond donors (Lipinski definition) is 2. The molecule has 8 heteroatoms. The SMILES string of the molecule is C[C@@H](O)CC(=O)Oc1cc2c(=O)oc3c[c]ccc3c2cc1OC(=O)C[C@@H](C)O. The van der Waals surface area contributed by atoms with E-state index in [2.05, 4.69) is 6.07 Å².